The highest BCUT2D eigenvalue weighted by Crippen LogP contribution is 2.33. The number of ketones is 1. The number of carbonyl (C=O) groups is 2. The number of likely N-dealkylation sites (tertiary alicyclic amines) is 1. The number of amides is 1. The van der Waals surface area contributed by atoms with Gasteiger partial charge in [0.25, 0.3) is 0 Å². The molecule has 1 aromatic carbocycles. The van der Waals surface area contributed by atoms with E-state index in [0.29, 0.717) is 11.6 Å². The van der Waals surface area contributed by atoms with Crippen LogP contribution in [0.4, 0.5) is 5.69 Å². The maximum atomic E-state index is 12.4. The van der Waals surface area contributed by atoms with Crippen molar-refractivity contribution in [2.75, 3.05) is 18.4 Å². The number of benzene rings is 1. The number of Topliss-reactive ketones (excluding diaryl/α,β-unsaturated/α-hetero) is 1. The van der Waals surface area contributed by atoms with Gasteiger partial charge in [-0.15, -0.1) is 0 Å². The van der Waals surface area contributed by atoms with Gasteiger partial charge < -0.3 is 5.32 Å². The van der Waals surface area contributed by atoms with E-state index in [1.54, 1.807) is 19.1 Å². The topological polar surface area (TPSA) is 49.4 Å². The molecule has 0 bridgehead atoms. The largest absolute Gasteiger partial charge is 0.325 e. The maximum Gasteiger partial charge on any atom is 0.230 e. The van der Waals surface area contributed by atoms with Gasteiger partial charge in [0, 0.05) is 30.4 Å². The van der Waals surface area contributed by atoms with Crippen molar-refractivity contribution in [2.24, 2.45) is 11.8 Å². The zero-order chi connectivity index (χ0) is 16.6. The molecule has 124 valence electrons. The summed E-state index contributed by atoms with van der Waals surface area (Å²) in [6.45, 7) is 7.55. The Balaban J connectivity index is 1.56. The number of nitrogens with zero attached hydrogens (tertiary/aromatic N) is 1. The molecule has 4 heteroatoms. The molecule has 1 saturated heterocycles. The quantitative estimate of drug-likeness (QED) is 0.868. The first-order valence-electron chi connectivity index (χ1n) is 8.60. The molecule has 1 saturated carbocycles. The average Bonchev–Trinajstić information content (AvgIpc) is 2.85. The van der Waals surface area contributed by atoms with Crippen molar-refractivity contribution in [1.82, 2.24) is 4.90 Å². The van der Waals surface area contributed by atoms with Gasteiger partial charge in [0.05, 0.1) is 5.92 Å². The third kappa shape index (κ3) is 3.47. The van der Waals surface area contributed by atoms with Gasteiger partial charge in [-0.05, 0) is 50.7 Å². The molecule has 0 spiro atoms. The normalized spacial score (nSPS) is 25.2. The van der Waals surface area contributed by atoms with E-state index in [-0.39, 0.29) is 17.6 Å². The number of carbonyl (C=O) groups excluding carboxylic acids is 2. The van der Waals surface area contributed by atoms with Gasteiger partial charge in [0.15, 0.2) is 5.78 Å². The molecule has 2 unspecified atom stereocenters. The second-order valence-corrected chi connectivity index (χ2v) is 7.30. The molecule has 1 aromatic rings. The Hall–Kier alpha value is -1.68. The number of hydrogen-bond donors (Lipinski definition) is 1. The minimum Gasteiger partial charge on any atom is -0.325 e. The molecular weight excluding hydrogens is 288 g/mol. The molecule has 3 rings (SSSR count). The lowest BCUT2D eigenvalue weighted by Crippen LogP contribution is -2.55. The second-order valence-electron chi connectivity index (χ2n) is 7.30. The smallest absolute Gasteiger partial charge is 0.230 e. The number of anilines is 1. The van der Waals surface area contributed by atoms with Crippen molar-refractivity contribution in [3.05, 3.63) is 29.3 Å². The predicted molar refractivity (Wildman–Crippen MR) is 91.7 cm³/mol. The second kappa shape index (κ2) is 6.44. The van der Waals surface area contributed by atoms with Gasteiger partial charge in [-0.25, -0.2) is 0 Å². The van der Waals surface area contributed by atoms with Crippen LogP contribution < -0.4 is 5.32 Å². The zero-order valence-corrected chi connectivity index (χ0v) is 14.3. The van der Waals surface area contributed by atoms with Gasteiger partial charge in [0.2, 0.25) is 5.91 Å². The van der Waals surface area contributed by atoms with E-state index in [4.69, 9.17) is 0 Å². The lowest BCUT2D eigenvalue weighted by molar-refractivity contribution is -0.125. The highest BCUT2D eigenvalue weighted by Gasteiger charge is 2.38. The summed E-state index contributed by atoms with van der Waals surface area (Å²) >= 11 is 0. The van der Waals surface area contributed by atoms with Crippen LogP contribution in [0.2, 0.25) is 0 Å². The standard InChI is InChI=1S/C19H26N2O2/c1-12-4-7-17(8-12)21-10-16(11-21)19(23)20-18-9-15(14(3)22)6-5-13(18)2/h5-6,9,12,16-17H,4,7-8,10-11H2,1-3H3,(H,20,23). The van der Waals surface area contributed by atoms with Crippen LogP contribution in [-0.2, 0) is 4.79 Å². The van der Waals surface area contributed by atoms with E-state index in [1.807, 2.05) is 13.0 Å². The van der Waals surface area contributed by atoms with Crippen LogP contribution in [0.25, 0.3) is 0 Å². The van der Waals surface area contributed by atoms with Gasteiger partial charge in [0.1, 0.15) is 0 Å². The Kier molecular flexibility index (Phi) is 4.53. The van der Waals surface area contributed by atoms with Crippen LogP contribution in [0.15, 0.2) is 18.2 Å². The summed E-state index contributed by atoms with van der Waals surface area (Å²) in [5.41, 5.74) is 2.39. The predicted octanol–water partition coefficient (Wildman–Crippen LogP) is 3.26. The summed E-state index contributed by atoms with van der Waals surface area (Å²) in [7, 11) is 0. The third-order valence-corrected chi connectivity index (χ3v) is 5.37. The number of nitrogens with one attached hydrogen (secondary N) is 1. The van der Waals surface area contributed by atoms with Crippen LogP contribution in [0.3, 0.4) is 0 Å². The van der Waals surface area contributed by atoms with Gasteiger partial charge in [-0.1, -0.05) is 19.1 Å². The molecule has 23 heavy (non-hydrogen) atoms. The molecule has 1 heterocycles. The first-order valence-corrected chi connectivity index (χ1v) is 8.60. The lowest BCUT2D eigenvalue weighted by atomic mass is 9.95. The summed E-state index contributed by atoms with van der Waals surface area (Å²) < 4.78 is 0. The Morgan fingerprint density at radius 3 is 2.57 bits per heavy atom. The molecule has 2 fully saturated rings. The van der Waals surface area contributed by atoms with Gasteiger partial charge in [-0.3, -0.25) is 14.5 Å². The van der Waals surface area contributed by atoms with Crippen molar-refractivity contribution in [2.45, 2.75) is 46.1 Å². The molecule has 2 atom stereocenters. The van der Waals surface area contributed by atoms with Crippen molar-refractivity contribution in [1.29, 1.82) is 0 Å². The Labute approximate surface area is 138 Å². The third-order valence-electron chi connectivity index (χ3n) is 5.37. The van der Waals surface area contributed by atoms with E-state index >= 15 is 0 Å². The molecule has 1 aliphatic heterocycles. The Morgan fingerprint density at radius 2 is 1.96 bits per heavy atom. The van der Waals surface area contributed by atoms with Crippen LogP contribution in [-0.4, -0.2) is 35.7 Å². The van der Waals surface area contributed by atoms with E-state index < -0.39 is 0 Å². The van der Waals surface area contributed by atoms with Crippen molar-refractivity contribution >= 4 is 17.4 Å². The first kappa shape index (κ1) is 16.2. The molecule has 1 N–H and O–H groups in total. The highest BCUT2D eigenvalue weighted by atomic mass is 16.2. The van der Waals surface area contributed by atoms with Crippen LogP contribution in [0.5, 0.6) is 0 Å². The fourth-order valence-electron chi connectivity index (χ4n) is 3.70. The fourth-order valence-corrected chi connectivity index (χ4v) is 3.70. The molecule has 1 amide bonds. The van der Waals surface area contributed by atoms with E-state index in [0.717, 1.165) is 30.3 Å². The van der Waals surface area contributed by atoms with Gasteiger partial charge >= 0.3 is 0 Å². The minimum absolute atomic E-state index is 0.0191. The summed E-state index contributed by atoms with van der Waals surface area (Å²) in [5, 5.41) is 3.01. The van der Waals surface area contributed by atoms with Crippen LogP contribution in [0.1, 0.15) is 49.0 Å². The van der Waals surface area contributed by atoms with Crippen LogP contribution >= 0.6 is 0 Å². The average molecular weight is 314 g/mol. The Bertz CT molecular complexity index is 620. The van der Waals surface area contributed by atoms with Crippen molar-refractivity contribution < 1.29 is 9.59 Å². The molecule has 1 aliphatic carbocycles. The monoisotopic (exact) mass is 314 g/mol. The number of aryl methyl sites for hydroxylation is 1. The summed E-state index contributed by atoms with van der Waals surface area (Å²) in [6.07, 6.45) is 3.86. The van der Waals surface area contributed by atoms with Crippen LogP contribution in [0, 0.1) is 18.8 Å². The summed E-state index contributed by atoms with van der Waals surface area (Å²) in [6, 6.07) is 6.15. The molecular formula is C19H26N2O2. The Morgan fingerprint density at radius 1 is 1.22 bits per heavy atom. The van der Waals surface area contributed by atoms with E-state index in [1.165, 1.54) is 19.3 Å². The molecule has 0 radical (unpaired) electrons. The summed E-state index contributed by atoms with van der Waals surface area (Å²) in [4.78, 5) is 26.4. The van der Waals surface area contributed by atoms with Crippen molar-refractivity contribution in [3.8, 4) is 0 Å². The molecule has 4 nitrogen and oxygen atoms in total. The minimum atomic E-state index is 0.0191. The number of hydrogen-bond acceptors (Lipinski definition) is 3. The fraction of sp³-hybridized carbons (Fsp3) is 0.579. The van der Waals surface area contributed by atoms with E-state index in [9.17, 15) is 9.59 Å². The SMILES string of the molecule is CC(=O)c1ccc(C)c(NC(=O)C2CN(C3CCC(C)C3)C2)c1. The highest BCUT2D eigenvalue weighted by molar-refractivity contribution is 5.98. The zero-order valence-electron chi connectivity index (χ0n) is 14.3. The van der Waals surface area contributed by atoms with Gasteiger partial charge in [-0.2, -0.15) is 0 Å². The molecule has 2 aliphatic rings. The maximum absolute atomic E-state index is 12.4. The molecule has 0 aromatic heterocycles. The van der Waals surface area contributed by atoms with E-state index in [2.05, 4.69) is 17.1 Å². The summed E-state index contributed by atoms with van der Waals surface area (Å²) in [5.74, 6) is 0.998. The lowest BCUT2D eigenvalue weighted by Gasteiger charge is -2.42. The number of rotatable bonds is 4. The first-order chi connectivity index (χ1) is 10.9. The van der Waals surface area contributed by atoms with Crippen molar-refractivity contribution in [3.63, 3.8) is 0 Å².